The third-order valence-electron chi connectivity index (χ3n) is 2.41. The van der Waals surface area contributed by atoms with Crippen LogP contribution in [0.2, 0.25) is 0 Å². The van der Waals surface area contributed by atoms with Crippen LogP contribution in [0.3, 0.4) is 0 Å². The van der Waals surface area contributed by atoms with Gasteiger partial charge in [0.25, 0.3) is 0 Å². The van der Waals surface area contributed by atoms with E-state index >= 15 is 0 Å². The van der Waals surface area contributed by atoms with Crippen molar-refractivity contribution in [2.75, 3.05) is 11.1 Å². The van der Waals surface area contributed by atoms with E-state index in [9.17, 15) is 0 Å². The molecule has 0 unspecified atom stereocenters. The Hall–Kier alpha value is -2.10. The Balaban J connectivity index is 2.07. The minimum atomic E-state index is 0.490. The standard InChI is InChI=1S/C13H16N4/c1-9-4-3-5-11(6-9)8-15-13-7-12(14)16-10(2)17-13/h3-7H,8H2,1-2H3,(H3,14,15,16,17). The first kappa shape index (κ1) is 11.4. The molecular weight excluding hydrogens is 212 g/mol. The summed E-state index contributed by atoms with van der Waals surface area (Å²) in [6, 6.07) is 10.1. The summed E-state index contributed by atoms with van der Waals surface area (Å²) in [6.07, 6.45) is 0. The van der Waals surface area contributed by atoms with Crippen LogP contribution in [0.1, 0.15) is 17.0 Å². The molecule has 88 valence electrons. The van der Waals surface area contributed by atoms with Crippen molar-refractivity contribution in [2.45, 2.75) is 20.4 Å². The summed E-state index contributed by atoms with van der Waals surface area (Å²) in [5.74, 6) is 1.93. The normalized spacial score (nSPS) is 10.2. The highest BCUT2D eigenvalue weighted by molar-refractivity contribution is 5.45. The summed E-state index contributed by atoms with van der Waals surface area (Å²) >= 11 is 0. The van der Waals surface area contributed by atoms with E-state index in [0.717, 1.165) is 12.4 Å². The molecule has 0 saturated carbocycles. The van der Waals surface area contributed by atoms with Crippen molar-refractivity contribution in [1.29, 1.82) is 0 Å². The first-order chi connectivity index (χ1) is 8.13. The number of rotatable bonds is 3. The molecule has 2 rings (SSSR count). The van der Waals surface area contributed by atoms with Crippen molar-refractivity contribution in [3.63, 3.8) is 0 Å². The number of nitrogen functional groups attached to an aromatic ring is 1. The van der Waals surface area contributed by atoms with Crippen molar-refractivity contribution >= 4 is 11.6 Å². The van der Waals surface area contributed by atoms with Gasteiger partial charge in [-0.15, -0.1) is 0 Å². The van der Waals surface area contributed by atoms with E-state index in [1.165, 1.54) is 11.1 Å². The number of hydrogen-bond acceptors (Lipinski definition) is 4. The zero-order valence-electron chi connectivity index (χ0n) is 10.1. The van der Waals surface area contributed by atoms with Crippen LogP contribution < -0.4 is 11.1 Å². The fourth-order valence-corrected chi connectivity index (χ4v) is 1.70. The van der Waals surface area contributed by atoms with Crippen LogP contribution in [-0.4, -0.2) is 9.97 Å². The maximum atomic E-state index is 5.66. The Kier molecular flexibility index (Phi) is 3.23. The zero-order valence-corrected chi connectivity index (χ0v) is 10.1. The zero-order chi connectivity index (χ0) is 12.3. The van der Waals surface area contributed by atoms with Crippen LogP contribution >= 0.6 is 0 Å². The van der Waals surface area contributed by atoms with Crippen molar-refractivity contribution < 1.29 is 0 Å². The Morgan fingerprint density at radius 1 is 1.18 bits per heavy atom. The molecule has 2 aromatic rings. The molecule has 1 aromatic carbocycles. The lowest BCUT2D eigenvalue weighted by Crippen LogP contribution is -2.04. The van der Waals surface area contributed by atoms with Crippen molar-refractivity contribution in [1.82, 2.24) is 9.97 Å². The van der Waals surface area contributed by atoms with Gasteiger partial charge in [-0.2, -0.15) is 0 Å². The van der Waals surface area contributed by atoms with Crippen LogP contribution in [0.15, 0.2) is 30.3 Å². The Bertz CT molecular complexity index is 502. The third-order valence-corrected chi connectivity index (χ3v) is 2.41. The molecule has 0 bridgehead atoms. The van der Waals surface area contributed by atoms with Gasteiger partial charge in [-0.1, -0.05) is 29.8 Å². The molecule has 1 aromatic heterocycles. The largest absolute Gasteiger partial charge is 0.384 e. The molecule has 0 atom stereocenters. The first-order valence-corrected chi connectivity index (χ1v) is 5.54. The van der Waals surface area contributed by atoms with Crippen LogP contribution in [0.5, 0.6) is 0 Å². The predicted molar refractivity (Wildman–Crippen MR) is 69.7 cm³/mol. The lowest BCUT2D eigenvalue weighted by Gasteiger charge is -2.07. The molecule has 3 N–H and O–H groups in total. The summed E-state index contributed by atoms with van der Waals surface area (Å²) in [4.78, 5) is 8.30. The highest BCUT2D eigenvalue weighted by atomic mass is 15.0. The summed E-state index contributed by atoms with van der Waals surface area (Å²) in [5, 5.41) is 3.24. The lowest BCUT2D eigenvalue weighted by molar-refractivity contribution is 1.03. The van der Waals surface area contributed by atoms with Gasteiger partial charge < -0.3 is 11.1 Å². The number of hydrogen-bond donors (Lipinski definition) is 2. The van der Waals surface area contributed by atoms with E-state index in [4.69, 9.17) is 5.73 Å². The molecule has 0 aliphatic rings. The Morgan fingerprint density at radius 2 is 2.00 bits per heavy atom. The van der Waals surface area contributed by atoms with Crippen LogP contribution in [0.4, 0.5) is 11.6 Å². The van der Waals surface area contributed by atoms with Gasteiger partial charge in [-0.05, 0) is 19.4 Å². The molecule has 4 heteroatoms. The van der Waals surface area contributed by atoms with Gasteiger partial charge in [0.2, 0.25) is 0 Å². The van der Waals surface area contributed by atoms with E-state index in [-0.39, 0.29) is 0 Å². The maximum Gasteiger partial charge on any atom is 0.132 e. The van der Waals surface area contributed by atoms with Gasteiger partial charge in [-0.3, -0.25) is 0 Å². The molecular formula is C13H16N4. The topological polar surface area (TPSA) is 63.8 Å². The van der Waals surface area contributed by atoms with Gasteiger partial charge in [0.05, 0.1) is 0 Å². The van der Waals surface area contributed by atoms with E-state index in [1.807, 2.05) is 13.0 Å². The number of anilines is 2. The van der Waals surface area contributed by atoms with E-state index in [1.54, 1.807) is 6.07 Å². The lowest BCUT2D eigenvalue weighted by atomic mass is 10.1. The second kappa shape index (κ2) is 4.82. The van der Waals surface area contributed by atoms with Gasteiger partial charge in [0.15, 0.2) is 0 Å². The first-order valence-electron chi connectivity index (χ1n) is 5.54. The molecule has 0 aliphatic carbocycles. The average Bonchev–Trinajstić information content (AvgIpc) is 2.25. The fraction of sp³-hybridized carbons (Fsp3) is 0.231. The second-order valence-electron chi connectivity index (χ2n) is 4.07. The highest BCUT2D eigenvalue weighted by Crippen LogP contribution is 2.10. The molecule has 0 radical (unpaired) electrons. The summed E-state index contributed by atoms with van der Waals surface area (Å²) in [7, 11) is 0. The van der Waals surface area contributed by atoms with Crippen molar-refractivity contribution in [3.8, 4) is 0 Å². The van der Waals surface area contributed by atoms with Crippen molar-refractivity contribution in [3.05, 3.63) is 47.3 Å². The number of benzene rings is 1. The minimum Gasteiger partial charge on any atom is -0.384 e. The van der Waals surface area contributed by atoms with Crippen LogP contribution in [0, 0.1) is 13.8 Å². The molecule has 17 heavy (non-hydrogen) atoms. The SMILES string of the molecule is Cc1cccc(CNc2cc(N)nc(C)n2)c1. The Labute approximate surface area is 101 Å². The number of nitrogens with two attached hydrogens (primary N) is 1. The molecule has 0 spiro atoms. The van der Waals surface area contributed by atoms with Gasteiger partial charge in [-0.25, -0.2) is 9.97 Å². The number of aromatic nitrogens is 2. The van der Waals surface area contributed by atoms with E-state index < -0.39 is 0 Å². The van der Waals surface area contributed by atoms with Crippen LogP contribution in [-0.2, 0) is 6.54 Å². The number of nitrogens with one attached hydrogen (secondary N) is 1. The number of nitrogens with zero attached hydrogens (tertiary/aromatic N) is 2. The predicted octanol–water partition coefficient (Wildman–Crippen LogP) is 2.29. The monoisotopic (exact) mass is 228 g/mol. The third kappa shape index (κ3) is 3.17. The molecule has 0 aliphatic heterocycles. The summed E-state index contributed by atoms with van der Waals surface area (Å²) in [5.41, 5.74) is 8.14. The molecule has 0 fully saturated rings. The maximum absolute atomic E-state index is 5.66. The van der Waals surface area contributed by atoms with Crippen molar-refractivity contribution in [2.24, 2.45) is 0 Å². The van der Waals surface area contributed by atoms with Gasteiger partial charge >= 0.3 is 0 Å². The highest BCUT2D eigenvalue weighted by Gasteiger charge is 1.99. The molecule has 1 heterocycles. The fourth-order valence-electron chi connectivity index (χ4n) is 1.70. The average molecular weight is 228 g/mol. The number of aryl methyl sites for hydroxylation is 2. The Morgan fingerprint density at radius 3 is 2.71 bits per heavy atom. The minimum absolute atomic E-state index is 0.490. The quantitative estimate of drug-likeness (QED) is 0.846. The molecule has 0 amide bonds. The molecule has 0 saturated heterocycles. The smallest absolute Gasteiger partial charge is 0.132 e. The van der Waals surface area contributed by atoms with E-state index in [2.05, 4.69) is 40.4 Å². The molecule has 4 nitrogen and oxygen atoms in total. The van der Waals surface area contributed by atoms with E-state index in [0.29, 0.717) is 11.6 Å². The second-order valence-corrected chi connectivity index (χ2v) is 4.07. The van der Waals surface area contributed by atoms with Gasteiger partial charge in [0.1, 0.15) is 17.5 Å². The van der Waals surface area contributed by atoms with Gasteiger partial charge in [0, 0.05) is 12.6 Å². The van der Waals surface area contributed by atoms with Crippen LogP contribution in [0.25, 0.3) is 0 Å². The summed E-state index contributed by atoms with van der Waals surface area (Å²) < 4.78 is 0. The summed E-state index contributed by atoms with van der Waals surface area (Å²) in [6.45, 7) is 4.64.